The molecular formula is C9H8Br2O. The molecule has 0 bridgehead atoms. The summed E-state index contributed by atoms with van der Waals surface area (Å²) >= 11 is 6.93. The zero-order valence-corrected chi connectivity index (χ0v) is 9.78. The lowest BCUT2D eigenvalue weighted by atomic mass is 10.0. The Hall–Kier alpha value is -0.0200. The standard InChI is InChI=1S/C9H8Br2O/c1-5-4-12-9-7(5)2-6(10)3-8(9)11/h2-3,5H,4H2,1H3/t5-/m1/s1. The summed E-state index contributed by atoms with van der Waals surface area (Å²) in [6.07, 6.45) is 0. The van der Waals surface area contributed by atoms with Crippen molar-refractivity contribution >= 4 is 31.9 Å². The Morgan fingerprint density at radius 3 is 2.92 bits per heavy atom. The molecule has 1 nitrogen and oxygen atoms in total. The third kappa shape index (κ3) is 1.29. The number of hydrogen-bond acceptors (Lipinski definition) is 1. The summed E-state index contributed by atoms with van der Waals surface area (Å²) < 4.78 is 7.67. The van der Waals surface area contributed by atoms with E-state index in [0.717, 1.165) is 21.3 Å². The van der Waals surface area contributed by atoms with Crippen LogP contribution >= 0.6 is 31.9 Å². The number of hydrogen-bond donors (Lipinski definition) is 0. The van der Waals surface area contributed by atoms with Crippen LogP contribution in [-0.4, -0.2) is 6.61 Å². The highest BCUT2D eigenvalue weighted by atomic mass is 79.9. The molecule has 0 unspecified atom stereocenters. The maximum Gasteiger partial charge on any atom is 0.137 e. The Bertz CT molecular complexity index is 323. The first kappa shape index (κ1) is 8.57. The van der Waals surface area contributed by atoms with Crippen LogP contribution in [0.2, 0.25) is 0 Å². The zero-order valence-electron chi connectivity index (χ0n) is 6.60. The predicted molar refractivity (Wildman–Crippen MR) is 55.8 cm³/mol. The van der Waals surface area contributed by atoms with Gasteiger partial charge in [0.1, 0.15) is 5.75 Å². The normalized spacial score (nSPS) is 20.4. The van der Waals surface area contributed by atoms with Gasteiger partial charge in [0.15, 0.2) is 0 Å². The van der Waals surface area contributed by atoms with Gasteiger partial charge < -0.3 is 4.74 Å². The Morgan fingerprint density at radius 1 is 1.42 bits per heavy atom. The van der Waals surface area contributed by atoms with Crippen LogP contribution in [-0.2, 0) is 0 Å². The quantitative estimate of drug-likeness (QED) is 0.708. The van der Waals surface area contributed by atoms with Crippen molar-refractivity contribution in [3.8, 4) is 5.75 Å². The third-order valence-electron chi connectivity index (χ3n) is 2.05. The third-order valence-corrected chi connectivity index (χ3v) is 3.09. The lowest BCUT2D eigenvalue weighted by Gasteiger charge is -2.03. The summed E-state index contributed by atoms with van der Waals surface area (Å²) in [5.74, 6) is 1.51. The van der Waals surface area contributed by atoms with E-state index >= 15 is 0 Å². The molecule has 0 radical (unpaired) electrons. The average molecular weight is 292 g/mol. The lowest BCUT2D eigenvalue weighted by Crippen LogP contribution is -1.93. The van der Waals surface area contributed by atoms with Gasteiger partial charge in [-0.3, -0.25) is 0 Å². The van der Waals surface area contributed by atoms with Gasteiger partial charge in [-0.25, -0.2) is 0 Å². The first-order valence-corrected chi connectivity index (χ1v) is 5.39. The largest absolute Gasteiger partial charge is 0.491 e. The molecule has 0 saturated heterocycles. The molecule has 1 atom stereocenters. The summed E-state index contributed by atoms with van der Waals surface area (Å²) in [6, 6.07) is 4.13. The molecule has 0 saturated carbocycles. The summed E-state index contributed by atoms with van der Waals surface area (Å²) in [5, 5.41) is 0. The molecule has 0 N–H and O–H groups in total. The topological polar surface area (TPSA) is 9.23 Å². The maximum absolute atomic E-state index is 5.53. The molecule has 1 aliphatic heterocycles. The second-order valence-electron chi connectivity index (χ2n) is 3.02. The smallest absolute Gasteiger partial charge is 0.137 e. The minimum absolute atomic E-state index is 0.508. The molecule has 0 aromatic heterocycles. The molecule has 0 amide bonds. The summed E-state index contributed by atoms with van der Waals surface area (Å²) in [7, 11) is 0. The van der Waals surface area contributed by atoms with Gasteiger partial charge in [-0.05, 0) is 28.1 Å². The monoisotopic (exact) mass is 290 g/mol. The Labute approximate surface area is 88.4 Å². The molecule has 0 aliphatic carbocycles. The molecule has 12 heavy (non-hydrogen) atoms. The molecule has 1 aromatic carbocycles. The van der Waals surface area contributed by atoms with E-state index in [1.54, 1.807) is 0 Å². The van der Waals surface area contributed by atoms with Crippen molar-refractivity contribution in [1.29, 1.82) is 0 Å². The first-order valence-electron chi connectivity index (χ1n) is 3.80. The van der Waals surface area contributed by atoms with E-state index in [4.69, 9.17) is 4.74 Å². The van der Waals surface area contributed by atoms with Gasteiger partial charge in [0.25, 0.3) is 0 Å². The van der Waals surface area contributed by atoms with E-state index in [9.17, 15) is 0 Å². The molecule has 2 rings (SSSR count). The second-order valence-corrected chi connectivity index (χ2v) is 4.79. The van der Waals surface area contributed by atoms with Crippen LogP contribution in [0.5, 0.6) is 5.75 Å². The summed E-state index contributed by atoms with van der Waals surface area (Å²) in [6.45, 7) is 2.97. The SMILES string of the molecule is C[C@@H]1COc2c(Br)cc(Br)cc21. The Balaban J connectivity index is 2.60. The number of ether oxygens (including phenoxy) is 1. The van der Waals surface area contributed by atoms with Crippen molar-refractivity contribution in [2.45, 2.75) is 12.8 Å². The fourth-order valence-electron chi connectivity index (χ4n) is 1.40. The molecule has 64 valence electrons. The number of rotatable bonds is 0. The van der Waals surface area contributed by atoms with Crippen molar-refractivity contribution in [2.24, 2.45) is 0 Å². The summed E-state index contributed by atoms with van der Waals surface area (Å²) in [5.41, 5.74) is 1.29. The van der Waals surface area contributed by atoms with Gasteiger partial charge in [0.05, 0.1) is 11.1 Å². The van der Waals surface area contributed by atoms with Crippen LogP contribution in [0.3, 0.4) is 0 Å². The van der Waals surface area contributed by atoms with E-state index in [1.165, 1.54) is 5.56 Å². The molecule has 0 fully saturated rings. The average Bonchev–Trinajstić information content (AvgIpc) is 2.33. The first-order chi connectivity index (χ1) is 5.68. The van der Waals surface area contributed by atoms with Crippen LogP contribution in [0.1, 0.15) is 18.4 Å². The van der Waals surface area contributed by atoms with Crippen LogP contribution in [0, 0.1) is 0 Å². The Morgan fingerprint density at radius 2 is 2.17 bits per heavy atom. The predicted octanol–water partition coefficient (Wildman–Crippen LogP) is 3.71. The van der Waals surface area contributed by atoms with Crippen LogP contribution < -0.4 is 4.74 Å². The number of fused-ring (bicyclic) bond motifs is 1. The fraction of sp³-hybridized carbons (Fsp3) is 0.333. The fourth-order valence-corrected chi connectivity index (χ4v) is 2.77. The van der Waals surface area contributed by atoms with Crippen molar-refractivity contribution in [3.63, 3.8) is 0 Å². The summed E-state index contributed by atoms with van der Waals surface area (Å²) in [4.78, 5) is 0. The van der Waals surface area contributed by atoms with E-state index < -0.39 is 0 Å². The van der Waals surface area contributed by atoms with Gasteiger partial charge in [0, 0.05) is 16.0 Å². The van der Waals surface area contributed by atoms with E-state index in [-0.39, 0.29) is 0 Å². The number of benzene rings is 1. The van der Waals surface area contributed by atoms with Gasteiger partial charge in [-0.15, -0.1) is 0 Å². The van der Waals surface area contributed by atoms with Gasteiger partial charge >= 0.3 is 0 Å². The highest BCUT2D eigenvalue weighted by Crippen LogP contribution is 2.41. The maximum atomic E-state index is 5.53. The second kappa shape index (κ2) is 3.04. The minimum Gasteiger partial charge on any atom is -0.491 e. The minimum atomic E-state index is 0.508. The molecule has 1 aliphatic rings. The van der Waals surface area contributed by atoms with Gasteiger partial charge in [0.2, 0.25) is 0 Å². The highest BCUT2D eigenvalue weighted by Gasteiger charge is 2.22. The Kier molecular flexibility index (Phi) is 2.17. The molecular weight excluding hydrogens is 284 g/mol. The van der Waals surface area contributed by atoms with Gasteiger partial charge in [-0.2, -0.15) is 0 Å². The zero-order chi connectivity index (χ0) is 8.72. The molecule has 0 spiro atoms. The number of halogens is 2. The van der Waals surface area contributed by atoms with Crippen LogP contribution in [0.25, 0.3) is 0 Å². The van der Waals surface area contributed by atoms with E-state index in [1.807, 2.05) is 6.07 Å². The van der Waals surface area contributed by atoms with Crippen molar-refractivity contribution < 1.29 is 4.74 Å². The molecule has 3 heteroatoms. The van der Waals surface area contributed by atoms with Crippen LogP contribution in [0.4, 0.5) is 0 Å². The highest BCUT2D eigenvalue weighted by molar-refractivity contribution is 9.11. The van der Waals surface area contributed by atoms with E-state index in [2.05, 4.69) is 44.8 Å². The van der Waals surface area contributed by atoms with Crippen molar-refractivity contribution in [3.05, 3.63) is 26.6 Å². The molecule has 1 heterocycles. The van der Waals surface area contributed by atoms with Crippen molar-refractivity contribution in [1.82, 2.24) is 0 Å². The van der Waals surface area contributed by atoms with Crippen LogP contribution in [0.15, 0.2) is 21.1 Å². The van der Waals surface area contributed by atoms with E-state index in [0.29, 0.717) is 5.92 Å². The van der Waals surface area contributed by atoms with Crippen molar-refractivity contribution in [2.75, 3.05) is 6.61 Å². The molecule has 1 aromatic rings. The van der Waals surface area contributed by atoms with Gasteiger partial charge in [-0.1, -0.05) is 22.9 Å². The lowest BCUT2D eigenvalue weighted by molar-refractivity contribution is 0.335.